The predicted octanol–water partition coefficient (Wildman–Crippen LogP) is 3.86. The van der Waals surface area contributed by atoms with E-state index in [1.54, 1.807) is 36.4 Å². The first-order chi connectivity index (χ1) is 23.2. The lowest BCUT2D eigenvalue weighted by molar-refractivity contribution is 0.0789. The summed E-state index contributed by atoms with van der Waals surface area (Å²) in [7, 11) is -1.37. The Morgan fingerprint density at radius 2 is 1.77 bits per heavy atom. The van der Waals surface area contributed by atoms with Crippen LogP contribution in [0.2, 0.25) is 0 Å². The third kappa shape index (κ3) is 6.13. The van der Waals surface area contributed by atoms with Gasteiger partial charge in [0, 0.05) is 48.9 Å². The average Bonchev–Trinajstić information content (AvgIpc) is 3.10. The number of ether oxygens (including phenoxy) is 4. The summed E-state index contributed by atoms with van der Waals surface area (Å²) in [6.07, 6.45) is 0.532. The summed E-state index contributed by atoms with van der Waals surface area (Å²) in [5.74, 6) is 1.62. The van der Waals surface area contributed by atoms with Gasteiger partial charge < -0.3 is 33.7 Å². The van der Waals surface area contributed by atoms with Crippen LogP contribution in [0.3, 0.4) is 0 Å². The van der Waals surface area contributed by atoms with Crippen LogP contribution in [0.4, 0.5) is 11.4 Å². The van der Waals surface area contributed by atoms with E-state index in [2.05, 4.69) is 14.9 Å². The van der Waals surface area contributed by atoms with Gasteiger partial charge in [0.05, 0.1) is 32.1 Å². The number of hydrogen-bond donors (Lipinski definition) is 2. The van der Waals surface area contributed by atoms with Crippen LogP contribution < -0.4 is 39.4 Å². The molecule has 1 aromatic heterocycles. The fraction of sp³-hybridized carbons (Fsp3) is 0.314. The molecule has 48 heavy (non-hydrogen) atoms. The number of nitrogens with one attached hydrogen (secondary N) is 2. The van der Waals surface area contributed by atoms with E-state index in [1.807, 2.05) is 34.9 Å². The molecule has 1 saturated heterocycles. The summed E-state index contributed by atoms with van der Waals surface area (Å²) in [6.45, 7) is 2.23. The molecule has 1 fully saturated rings. The topological polar surface area (TPSA) is 137 Å². The van der Waals surface area contributed by atoms with Crippen LogP contribution in [0.1, 0.15) is 28.4 Å². The van der Waals surface area contributed by atoms with Crippen molar-refractivity contribution in [3.05, 3.63) is 100 Å². The Bertz CT molecular complexity index is 2030. The van der Waals surface area contributed by atoms with Gasteiger partial charge in [-0.3, -0.25) is 14.3 Å². The maximum Gasteiger partial charge on any atom is 0.265 e. The van der Waals surface area contributed by atoms with Gasteiger partial charge in [0.2, 0.25) is 0 Å². The first-order valence-electron chi connectivity index (χ1n) is 15.7. The number of methoxy groups -OCH3 is 2. The van der Waals surface area contributed by atoms with E-state index in [4.69, 9.17) is 18.9 Å². The van der Waals surface area contributed by atoms with Gasteiger partial charge in [-0.1, -0.05) is 18.2 Å². The molecule has 7 rings (SSSR count). The number of rotatable bonds is 9. The second kappa shape index (κ2) is 12.8. The van der Waals surface area contributed by atoms with Crippen molar-refractivity contribution in [2.75, 3.05) is 50.1 Å². The van der Waals surface area contributed by atoms with E-state index in [9.17, 15) is 18.0 Å². The Labute approximate surface area is 278 Å². The first kappa shape index (κ1) is 31.4. The Kier molecular flexibility index (Phi) is 8.38. The molecular weight excluding hydrogens is 636 g/mol. The van der Waals surface area contributed by atoms with Gasteiger partial charge in [0.15, 0.2) is 11.5 Å². The number of carbonyl (C=O) groups excluding carboxylic acids is 1. The highest BCUT2D eigenvalue weighted by atomic mass is 32.2. The molecule has 3 aromatic carbocycles. The lowest BCUT2D eigenvalue weighted by Crippen LogP contribution is -2.47. The number of aromatic nitrogens is 1. The van der Waals surface area contributed by atoms with Gasteiger partial charge in [-0.2, -0.15) is 0 Å². The van der Waals surface area contributed by atoms with Crippen molar-refractivity contribution in [3.8, 4) is 23.0 Å². The average molecular weight is 673 g/mol. The molecule has 0 spiro atoms. The van der Waals surface area contributed by atoms with Crippen molar-refractivity contribution in [1.82, 2.24) is 9.88 Å². The Hall–Kier alpha value is -5.17. The molecule has 2 N–H and O–H groups in total. The summed E-state index contributed by atoms with van der Waals surface area (Å²) < 4.78 is 54.9. The molecule has 3 aliphatic rings. The maximum absolute atomic E-state index is 14.0. The smallest absolute Gasteiger partial charge is 0.265 e. The fourth-order valence-corrected chi connectivity index (χ4v) is 8.04. The van der Waals surface area contributed by atoms with Crippen LogP contribution in [0.5, 0.6) is 23.0 Å². The molecule has 0 unspecified atom stereocenters. The molecule has 2 bridgehead atoms. The van der Waals surface area contributed by atoms with Crippen LogP contribution in [0.15, 0.2) is 88.6 Å². The van der Waals surface area contributed by atoms with Gasteiger partial charge >= 0.3 is 0 Å². The van der Waals surface area contributed by atoms with E-state index in [1.165, 1.54) is 26.4 Å². The number of benzene rings is 3. The molecule has 4 aromatic rings. The minimum absolute atomic E-state index is 0.0129. The highest BCUT2D eigenvalue weighted by Crippen LogP contribution is 2.40. The van der Waals surface area contributed by atoms with Crippen molar-refractivity contribution in [2.24, 2.45) is 5.92 Å². The Balaban J connectivity index is 1.19. The standard InChI is InChI=1S/C35H36N4O8S/c1-44-25-11-13-32(45-2)33(16-25)48(42,43)37-27-15-23(35(41)36-17-26-21-46-30-7-3-4-8-31(30)47-26)10-12-29(27)38-18-22-14-24(20-38)28-6-5-9-34(40)39(28)19-22/h3-13,15-16,22,24,26,37H,14,17-21H2,1-2H3,(H,36,41)/t22-,24+,26-/m1/s1. The molecule has 3 atom stereocenters. The minimum Gasteiger partial charge on any atom is -0.497 e. The van der Waals surface area contributed by atoms with E-state index < -0.39 is 22.0 Å². The van der Waals surface area contributed by atoms with E-state index in [0.29, 0.717) is 42.6 Å². The quantitative estimate of drug-likeness (QED) is 0.272. The van der Waals surface area contributed by atoms with Crippen molar-refractivity contribution >= 4 is 27.3 Å². The van der Waals surface area contributed by atoms with E-state index >= 15 is 0 Å². The van der Waals surface area contributed by atoms with E-state index in [-0.39, 0.29) is 52.4 Å². The monoisotopic (exact) mass is 672 g/mol. The third-order valence-electron chi connectivity index (χ3n) is 9.04. The van der Waals surface area contributed by atoms with Crippen molar-refractivity contribution in [2.45, 2.75) is 29.9 Å². The van der Waals surface area contributed by atoms with Crippen LogP contribution in [0, 0.1) is 5.92 Å². The fourth-order valence-electron chi connectivity index (χ4n) is 6.79. The zero-order chi connectivity index (χ0) is 33.4. The molecule has 12 nitrogen and oxygen atoms in total. The normalized spacial score (nSPS) is 19.5. The molecule has 250 valence electrons. The van der Waals surface area contributed by atoms with Gasteiger partial charge in [-0.25, -0.2) is 8.42 Å². The van der Waals surface area contributed by atoms with Crippen LogP contribution >= 0.6 is 0 Å². The maximum atomic E-state index is 14.0. The molecule has 0 radical (unpaired) electrons. The largest absolute Gasteiger partial charge is 0.497 e. The first-order valence-corrected chi connectivity index (χ1v) is 17.2. The number of amides is 1. The van der Waals surface area contributed by atoms with E-state index in [0.717, 1.165) is 12.1 Å². The number of sulfonamides is 1. The highest BCUT2D eigenvalue weighted by molar-refractivity contribution is 7.92. The molecule has 0 aliphatic carbocycles. The molecule has 4 heterocycles. The van der Waals surface area contributed by atoms with Crippen LogP contribution in [-0.2, 0) is 16.6 Å². The lowest BCUT2D eigenvalue weighted by atomic mass is 9.83. The van der Waals surface area contributed by atoms with Crippen molar-refractivity contribution in [3.63, 3.8) is 0 Å². The zero-order valence-electron chi connectivity index (χ0n) is 26.5. The number of pyridine rings is 1. The Morgan fingerprint density at radius 3 is 2.58 bits per heavy atom. The number of fused-ring (bicyclic) bond motifs is 5. The Morgan fingerprint density at radius 1 is 0.938 bits per heavy atom. The molecule has 0 saturated carbocycles. The molecule has 13 heteroatoms. The second-order valence-corrected chi connectivity index (χ2v) is 13.8. The zero-order valence-corrected chi connectivity index (χ0v) is 27.4. The summed E-state index contributed by atoms with van der Waals surface area (Å²) in [5.41, 5.74) is 2.09. The number of para-hydroxylation sites is 2. The summed E-state index contributed by atoms with van der Waals surface area (Å²) in [4.78, 5) is 28.1. The number of hydrogen-bond acceptors (Lipinski definition) is 9. The third-order valence-corrected chi connectivity index (χ3v) is 10.4. The number of carbonyl (C=O) groups is 1. The SMILES string of the molecule is COc1ccc(OC)c(S(=O)(=O)Nc2cc(C(=O)NC[C@@H]3COc4ccccc4O3)ccc2N2C[C@H]3C[C@@H](C2)c2cccc(=O)n2C3)c1. The highest BCUT2D eigenvalue weighted by Gasteiger charge is 2.36. The number of nitrogens with zero attached hydrogens (tertiary/aromatic N) is 2. The van der Waals surface area contributed by atoms with Crippen LogP contribution in [0.25, 0.3) is 0 Å². The van der Waals surface area contributed by atoms with Gasteiger partial charge in [0.25, 0.3) is 21.5 Å². The molecular formula is C35H36N4O8S. The van der Waals surface area contributed by atoms with Gasteiger partial charge in [0.1, 0.15) is 29.1 Å². The second-order valence-electron chi connectivity index (χ2n) is 12.2. The summed E-state index contributed by atoms with van der Waals surface area (Å²) in [6, 6.07) is 22.2. The number of anilines is 2. The van der Waals surface area contributed by atoms with Crippen molar-refractivity contribution in [1.29, 1.82) is 0 Å². The number of piperidine rings is 1. The summed E-state index contributed by atoms with van der Waals surface area (Å²) in [5, 5.41) is 2.90. The predicted molar refractivity (Wildman–Crippen MR) is 179 cm³/mol. The lowest BCUT2D eigenvalue weighted by Gasteiger charge is -2.44. The minimum atomic E-state index is -4.22. The van der Waals surface area contributed by atoms with Crippen LogP contribution in [-0.4, -0.2) is 65.5 Å². The van der Waals surface area contributed by atoms with Gasteiger partial charge in [-0.15, -0.1) is 0 Å². The molecule has 3 aliphatic heterocycles. The van der Waals surface area contributed by atoms with Crippen molar-refractivity contribution < 1.29 is 32.2 Å². The van der Waals surface area contributed by atoms with Gasteiger partial charge in [-0.05, 0) is 60.9 Å². The molecule has 1 amide bonds. The summed E-state index contributed by atoms with van der Waals surface area (Å²) >= 11 is 0.